The zero-order chi connectivity index (χ0) is 20.3. The molecule has 0 fully saturated rings. The molecule has 28 heavy (non-hydrogen) atoms. The number of oxime groups is 1. The maximum atomic E-state index is 10.8. The van der Waals surface area contributed by atoms with Gasteiger partial charge >= 0.3 is 0 Å². The van der Waals surface area contributed by atoms with Gasteiger partial charge in [0.1, 0.15) is 6.61 Å². The fourth-order valence-electron chi connectivity index (χ4n) is 2.91. The van der Waals surface area contributed by atoms with Crippen LogP contribution in [0.2, 0.25) is 10.0 Å². The zero-order valence-electron chi connectivity index (χ0n) is 15.2. The molecule has 0 bridgehead atoms. The number of rotatable bonds is 6. The highest BCUT2D eigenvalue weighted by Crippen LogP contribution is 2.28. The summed E-state index contributed by atoms with van der Waals surface area (Å²) >= 11 is 12.4. The Kier molecular flexibility index (Phi) is 6.02. The molecule has 0 aliphatic rings. The van der Waals surface area contributed by atoms with E-state index in [-0.39, 0.29) is 12.3 Å². The minimum absolute atomic E-state index is 0.0204. The van der Waals surface area contributed by atoms with E-state index in [0.29, 0.717) is 15.6 Å². The molecule has 0 aliphatic heterocycles. The molecule has 0 N–H and O–H groups in total. The number of hydrogen-bond acceptors (Lipinski definition) is 4. The summed E-state index contributed by atoms with van der Waals surface area (Å²) in [6.45, 7) is 4.05. The molecule has 3 aromatic rings. The predicted octanol–water partition coefficient (Wildman–Crippen LogP) is 5.86. The molecule has 0 aliphatic carbocycles. The van der Waals surface area contributed by atoms with Crippen molar-refractivity contribution in [1.29, 1.82) is 0 Å². The Morgan fingerprint density at radius 2 is 1.96 bits per heavy atom. The third-order valence-electron chi connectivity index (χ3n) is 4.24. The molecule has 144 valence electrons. The number of nitro benzene ring substituents is 1. The highest BCUT2D eigenvalue weighted by molar-refractivity contribution is 6.34. The third-order valence-corrected chi connectivity index (χ3v) is 4.79. The van der Waals surface area contributed by atoms with Gasteiger partial charge in [0.2, 0.25) is 0 Å². The van der Waals surface area contributed by atoms with Crippen molar-refractivity contribution in [2.75, 3.05) is 0 Å². The molecular weight excluding hydrogens is 401 g/mol. The Morgan fingerprint density at radius 1 is 1.18 bits per heavy atom. The lowest BCUT2D eigenvalue weighted by molar-refractivity contribution is -0.384. The Labute approximate surface area is 172 Å². The monoisotopic (exact) mass is 417 g/mol. The maximum absolute atomic E-state index is 10.8. The molecule has 3 rings (SSSR count). The Morgan fingerprint density at radius 3 is 2.71 bits per heavy atom. The summed E-state index contributed by atoms with van der Waals surface area (Å²) in [6.07, 6.45) is 1.61. The summed E-state index contributed by atoms with van der Waals surface area (Å²) in [6, 6.07) is 13.5. The number of aryl methyl sites for hydroxylation is 1. The first-order valence-corrected chi connectivity index (χ1v) is 9.15. The molecule has 0 unspecified atom stereocenters. The number of halogens is 2. The number of nitrogens with zero attached hydrogens (tertiary/aromatic N) is 3. The van der Waals surface area contributed by atoms with Crippen LogP contribution in [-0.4, -0.2) is 15.7 Å². The summed E-state index contributed by atoms with van der Waals surface area (Å²) in [5, 5.41) is 16.0. The SMILES string of the molecule is Cc1cc(/C=N\OCc2cccc([N+](=O)[O-])c2)c(C)n1-c1cc(Cl)ccc1Cl. The van der Waals surface area contributed by atoms with Gasteiger partial charge in [-0.25, -0.2) is 0 Å². The maximum Gasteiger partial charge on any atom is 0.269 e. The summed E-state index contributed by atoms with van der Waals surface area (Å²) in [5.41, 5.74) is 4.26. The number of nitro groups is 1. The summed E-state index contributed by atoms with van der Waals surface area (Å²) < 4.78 is 2.00. The Hall–Kier alpha value is -2.83. The largest absolute Gasteiger partial charge is 0.391 e. The van der Waals surface area contributed by atoms with Gasteiger partial charge in [-0.2, -0.15) is 0 Å². The van der Waals surface area contributed by atoms with Gasteiger partial charge < -0.3 is 9.40 Å². The molecular formula is C20H17Cl2N3O3. The van der Waals surface area contributed by atoms with Crippen molar-refractivity contribution in [3.63, 3.8) is 0 Å². The lowest BCUT2D eigenvalue weighted by Gasteiger charge is -2.12. The summed E-state index contributed by atoms with van der Waals surface area (Å²) in [5.74, 6) is 0. The molecule has 0 amide bonds. The number of aromatic nitrogens is 1. The molecule has 1 heterocycles. The first-order valence-electron chi connectivity index (χ1n) is 8.40. The lowest BCUT2D eigenvalue weighted by atomic mass is 10.2. The van der Waals surface area contributed by atoms with Gasteiger partial charge in [-0.1, -0.05) is 40.5 Å². The molecule has 0 saturated carbocycles. The van der Waals surface area contributed by atoms with Crippen molar-refractivity contribution in [2.45, 2.75) is 20.5 Å². The van der Waals surface area contributed by atoms with Crippen LogP contribution < -0.4 is 0 Å². The van der Waals surface area contributed by atoms with Crippen molar-refractivity contribution in [3.8, 4) is 5.69 Å². The van der Waals surface area contributed by atoms with E-state index in [4.69, 9.17) is 28.0 Å². The van der Waals surface area contributed by atoms with E-state index in [0.717, 1.165) is 22.6 Å². The molecule has 6 nitrogen and oxygen atoms in total. The molecule has 1 aromatic heterocycles. The smallest absolute Gasteiger partial charge is 0.269 e. The molecule has 0 atom stereocenters. The fourth-order valence-corrected chi connectivity index (χ4v) is 3.28. The second-order valence-electron chi connectivity index (χ2n) is 6.19. The van der Waals surface area contributed by atoms with Crippen LogP contribution in [0.25, 0.3) is 5.69 Å². The van der Waals surface area contributed by atoms with Gasteiger partial charge in [0.25, 0.3) is 5.69 Å². The minimum atomic E-state index is -0.442. The van der Waals surface area contributed by atoms with E-state index < -0.39 is 4.92 Å². The van der Waals surface area contributed by atoms with Crippen molar-refractivity contribution in [3.05, 3.63) is 91.2 Å². The Balaban J connectivity index is 1.76. The van der Waals surface area contributed by atoms with Crippen LogP contribution in [0.15, 0.2) is 53.7 Å². The first kappa shape index (κ1) is 19.9. The van der Waals surface area contributed by atoms with Gasteiger partial charge in [0, 0.05) is 34.1 Å². The highest BCUT2D eigenvalue weighted by Gasteiger charge is 2.13. The average Bonchev–Trinajstić information content (AvgIpc) is 2.94. The van der Waals surface area contributed by atoms with E-state index >= 15 is 0 Å². The van der Waals surface area contributed by atoms with Gasteiger partial charge in [0.05, 0.1) is 21.8 Å². The number of benzene rings is 2. The third kappa shape index (κ3) is 4.35. The van der Waals surface area contributed by atoms with Crippen LogP contribution in [0.4, 0.5) is 5.69 Å². The van der Waals surface area contributed by atoms with Crippen LogP contribution in [0, 0.1) is 24.0 Å². The van der Waals surface area contributed by atoms with Crippen molar-refractivity contribution in [2.24, 2.45) is 5.16 Å². The molecule has 0 spiro atoms. The molecule has 8 heteroatoms. The highest BCUT2D eigenvalue weighted by atomic mass is 35.5. The second kappa shape index (κ2) is 8.46. The van der Waals surface area contributed by atoms with Crippen molar-refractivity contribution in [1.82, 2.24) is 4.57 Å². The second-order valence-corrected chi connectivity index (χ2v) is 7.04. The lowest BCUT2D eigenvalue weighted by Crippen LogP contribution is -2.00. The normalized spacial score (nSPS) is 11.1. The van der Waals surface area contributed by atoms with Gasteiger partial charge in [-0.05, 0) is 43.7 Å². The van der Waals surface area contributed by atoms with Crippen LogP contribution in [0.1, 0.15) is 22.5 Å². The molecule has 0 radical (unpaired) electrons. The minimum Gasteiger partial charge on any atom is -0.391 e. The average molecular weight is 418 g/mol. The topological polar surface area (TPSA) is 69.7 Å². The standard InChI is InChI=1S/C20H17Cl2N3O3/c1-13-8-16(14(2)24(13)20-10-17(21)6-7-19(20)22)11-23-28-12-15-4-3-5-18(9-15)25(26)27/h3-11H,12H2,1-2H3/b23-11-. The van der Waals surface area contributed by atoms with Gasteiger partial charge in [-0.15, -0.1) is 0 Å². The Bertz CT molecular complexity index is 1060. The van der Waals surface area contributed by atoms with Crippen LogP contribution in [0.3, 0.4) is 0 Å². The van der Waals surface area contributed by atoms with Crippen LogP contribution in [-0.2, 0) is 11.4 Å². The van der Waals surface area contributed by atoms with E-state index in [2.05, 4.69) is 5.16 Å². The zero-order valence-corrected chi connectivity index (χ0v) is 16.7. The van der Waals surface area contributed by atoms with Crippen LogP contribution >= 0.6 is 23.2 Å². The number of non-ortho nitro benzene ring substituents is 1. The summed E-state index contributed by atoms with van der Waals surface area (Å²) in [7, 11) is 0. The van der Waals surface area contributed by atoms with E-state index in [9.17, 15) is 10.1 Å². The van der Waals surface area contributed by atoms with E-state index in [1.54, 1.807) is 30.5 Å². The molecule has 0 saturated heterocycles. The van der Waals surface area contributed by atoms with Gasteiger partial charge in [-0.3, -0.25) is 10.1 Å². The van der Waals surface area contributed by atoms with Crippen molar-refractivity contribution >= 4 is 35.1 Å². The summed E-state index contributed by atoms with van der Waals surface area (Å²) in [4.78, 5) is 15.7. The quantitative estimate of drug-likeness (QED) is 0.286. The van der Waals surface area contributed by atoms with Gasteiger partial charge in [0.15, 0.2) is 0 Å². The number of hydrogen-bond donors (Lipinski definition) is 0. The van der Waals surface area contributed by atoms with E-state index in [1.165, 1.54) is 12.1 Å². The molecule has 2 aromatic carbocycles. The van der Waals surface area contributed by atoms with E-state index in [1.807, 2.05) is 30.5 Å². The van der Waals surface area contributed by atoms with Crippen LogP contribution in [0.5, 0.6) is 0 Å². The first-order chi connectivity index (χ1) is 13.4. The predicted molar refractivity (Wildman–Crippen MR) is 111 cm³/mol. The van der Waals surface area contributed by atoms with Crippen molar-refractivity contribution < 1.29 is 9.76 Å². The fraction of sp³-hybridized carbons (Fsp3) is 0.150.